The SMILES string of the molecule is CC1CCCN(C(=O)C2CCN(C(=O)c3ccc(C(=O)O)cc3F)CC2)C1. The van der Waals surface area contributed by atoms with Crippen LogP contribution in [0.15, 0.2) is 18.2 Å². The first-order chi connectivity index (χ1) is 12.9. The molecule has 1 aromatic carbocycles. The van der Waals surface area contributed by atoms with E-state index in [-0.39, 0.29) is 23.0 Å². The van der Waals surface area contributed by atoms with E-state index in [0.717, 1.165) is 32.0 Å². The van der Waals surface area contributed by atoms with Gasteiger partial charge in [-0.3, -0.25) is 9.59 Å². The molecule has 146 valence electrons. The van der Waals surface area contributed by atoms with Gasteiger partial charge in [0.2, 0.25) is 5.91 Å². The number of amides is 2. The molecule has 0 bridgehead atoms. The highest BCUT2D eigenvalue weighted by atomic mass is 19.1. The maximum Gasteiger partial charge on any atom is 0.335 e. The molecule has 1 N–H and O–H groups in total. The molecule has 2 aliphatic rings. The van der Waals surface area contributed by atoms with E-state index in [2.05, 4.69) is 6.92 Å². The van der Waals surface area contributed by atoms with E-state index in [1.165, 1.54) is 12.1 Å². The number of carbonyl (C=O) groups excluding carboxylic acids is 2. The number of carbonyl (C=O) groups is 3. The minimum absolute atomic E-state index is 0.0846. The summed E-state index contributed by atoms with van der Waals surface area (Å²) in [4.78, 5) is 39.7. The molecule has 0 radical (unpaired) electrons. The Morgan fingerprint density at radius 3 is 2.37 bits per heavy atom. The summed E-state index contributed by atoms with van der Waals surface area (Å²) < 4.78 is 14.1. The van der Waals surface area contributed by atoms with Gasteiger partial charge in [-0.25, -0.2) is 9.18 Å². The van der Waals surface area contributed by atoms with Crippen LogP contribution in [0.2, 0.25) is 0 Å². The molecule has 2 amide bonds. The first kappa shape index (κ1) is 19.3. The lowest BCUT2D eigenvalue weighted by Gasteiger charge is -2.37. The molecule has 1 aromatic rings. The molecule has 2 heterocycles. The summed E-state index contributed by atoms with van der Waals surface area (Å²) in [6, 6.07) is 3.31. The third-order valence-corrected chi connectivity index (χ3v) is 5.55. The maximum atomic E-state index is 14.1. The Kier molecular flexibility index (Phi) is 5.77. The van der Waals surface area contributed by atoms with E-state index in [0.29, 0.717) is 31.8 Å². The molecule has 27 heavy (non-hydrogen) atoms. The maximum absolute atomic E-state index is 14.1. The van der Waals surface area contributed by atoms with Gasteiger partial charge in [-0.15, -0.1) is 0 Å². The number of nitrogens with zero attached hydrogens (tertiary/aromatic N) is 2. The van der Waals surface area contributed by atoms with E-state index in [1.807, 2.05) is 4.90 Å². The quantitative estimate of drug-likeness (QED) is 0.880. The largest absolute Gasteiger partial charge is 0.478 e. The predicted octanol–water partition coefficient (Wildman–Crippen LogP) is 2.63. The van der Waals surface area contributed by atoms with Gasteiger partial charge in [0.15, 0.2) is 0 Å². The van der Waals surface area contributed by atoms with Gasteiger partial charge in [0.25, 0.3) is 5.91 Å². The standard InChI is InChI=1S/C20H25FN2O4/c1-13-3-2-8-23(12-13)18(24)14-6-9-22(10-7-14)19(25)16-5-4-15(20(26)27)11-17(16)21/h4-5,11,13-14H,2-3,6-10,12H2,1H3,(H,26,27). The van der Waals surface area contributed by atoms with Crippen molar-refractivity contribution in [2.45, 2.75) is 32.6 Å². The van der Waals surface area contributed by atoms with Crippen LogP contribution < -0.4 is 0 Å². The van der Waals surface area contributed by atoms with Crippen LogP contribution in [0.5, 0.6) is 0 Å². The van der Waals surface area contributed by atoms with Crippen molar-refractivity contribution in [1.29, 1.82) is 0 Å². The molecule has 0 aromatic heterocycles. The lowest BCUT2D eigenvalue weighted by molar-refractivity contribution is -0.138. The number of aromatic carboxylic acids is 1. The van der Waals surface area contributed by atoms with Gasteiger partial charge in [-0.05, 0) is 49.8 Å². The molecule has 2 aliphatic heterocycles. The zero-order valence-electron chi connectivity index (χ0n) is 15.5. The summed E-state index contributed by atoms with van der Waals surface area (Å²) in [5.41, 5.74) is -0.321. The molecular formula is C20H25FN2O4. The van der Waals surface area contributed by atoms with Crippen LogP contribution in [-0.4, -0.2) is 58.9 Å². The lowest BCUT2D eigenvalue weighted by atomic mass is 9.92. The molecule has 0 spiro atoms. The number of piperidine rings is 2. The van der Waals surface area contributed by atoms with Crippen LogP contribution in [0, 0.1) is 17.7 Å². The minimum Gasteiger partial charge on any atom is -0.478 e. The van der Waals surface area contributed by atoms with Gasteiger partial charge in [-0.1, -0.05) is 6.92 Å². The van der Waals surface area contributed by atoms with Crippen molar-refractivity contribution in [2.24, 2.45) is 11.8 Å². The second-order valence-corrected chi connectivity index (χ2v) is 7.60. The highest BCUT2D eigenvalue weighted by Crippen LogP contribution is 2.25. The van der Waals surface area contributed by atoms with Crippen molar-refractivity contribution < 1.29 is 23.9 Å². The number of halogens is 1. The van der Waals surface area contributed by atoms with Crippen LogP contribution >= 0.6 is 0 Å². The third kappa shape index (κ3) is 4.28. The number of rotatable bonds is 3. The second-order valence-electron chi connectivity index (χ2n) is 7.60. The Morgan fingerprint density at radius 2 is 1.78 bits per heavy atom. The second kappa shape index (κ2) is 8.06. The molecule has 2 saturated heterocycles. The van der Waals surface area contributed by atoms with Crippen LogP contribution in [0.4, 0.5) is 4.39 Å². The summed E-state index contributed by atoms with van der Waals surface area (Å²) in [6.45, 7) is 4.57. The summed E-state index contributed by atoms with van der Waals surface area (Å²) in [5.74, 6) is -1.91. The van der Waals surface area contributed by atoms with Gasteiger partial charge >= 0.3 is 5.97 Å². The summed E-state index contributed by atoms with van der Waals surface area (Å²) >= 11 is 0. The van der Waals surface area contributed by atoms with Gasteiger partial charge in [0.1, 0.15) is 5.82 Å². The Hall–Kier alpha value is -2.44. The number of carboxylic acid groups (broad SMARTS) is 1. The van der Waals surface area contributed by atoms with Gasteiger partial charge in [0, 0.05) is 32.1 Å². The highest BCUT2D eigenvalue weighted by molar-refractivity contribution is 5.96. The van der Waals surface area contributed by atoms with Crippen molar-refractivity contribution in [3.8, 4) is 0 Å². The van der Waals surface area contributed by atoms with Gasteiger partial charge in [0.05, 0.1) is 11.1 Å². The van der Waals surface area contributed by atoms with E-state index in [1.54, 1.807) is 4.90 Å². The first-order valence-corrected chi connectivity index (χ1v) is 9.47. The lowest BCUT2D eigenvalue weighted by Crippen LogP contribution is -2.47. The fourth-order valence-electron chi connectivity index (χ4n) is 3.97. The van der Waals surface area contributed by atoms with Crippen LogP contribution in [0.1, 0.15) is 53.3 Å². The Morgan fingerprint density at radius 1 is 1.07 bits per heavy atom. The Balaban J connectivity index is 1.59. The number of hydrogen-bond donors (Lipinski definition) is 1. The number of likely N-dealkylation sites (tertiary alicyclic amines) is 2. The monoisotopic (exact) mass is 376 g/mol. The number of hydrogen-bond acceptors (Lipinski definition) is 3. The molecule has 6 nitrogen and oxygen atoms in total. The van der Waals surface area contributed by atoms with Crippen molar-refractivity contribution in [3.63, 3.8) is 0 Å². The first-order valence-electron chi connectivity index (χ1n) is 9.47. The Labute approximate surface area is 157 Å². The minimum atomic E-state index is -1.24. The summed E-state index contributed by atoms with van der Waals surface area (Å²) in [6.07, 6.45) is 3.34. The van der Waals surface area contributed by atoms with Crippen molar-refractivity contribution in [3.05, 3.63) is 35.1 Å². The molecule has 0 aliphatic carbocycles. The molecule has 3 rings (SSSR count). The fourth-order valence-corrected chi connectivity index (χ4v) is 3.97. The molecule has 1 unspecified atom stereocenters. The molecular weight excluding hydrogens is 351 g/mol. The smallest absolute Gasteiger partial charge is 0.335 e. The van der Waals surface area contributed by atoms with E-state index in [4.69, 9.17) is 5.11 Å². The van der Waals surface area contributed by atoms with E-state index >= 15 is 0 Å². The topological polar surface area (TPSA) is 77.9 Å². The van der Waals surface area contributed by atoms with E-state index in [9.17, 15) is 18.8 Å². The molecule has 2 fully saturated rings. The zero-order chi connectivity index (χ0) is 19.6. The summed E-state index contributed by atoms with van der Waals surface area (Å²) in [5, 5.41) is 8.89. The van der Waals surface area contributed by atoms with Crippen LogP contribution in [0.25, 0.3) is 0 Å². The molecule has 7 heteroatoms. The van der Waals surface area contributed by atoms with Crippen molar-refractivity contribution in [1.82, 2.24) is 9.80 Å². The van der Waals surface area contributed by atoms with Crippen molar-refractivity contribution in [2.75, 3.05) is 26.2 Å². The summed E-state index contributed by atoms with van der Waals surface area (Å²) in [7, 11) is 0. The average molecular weight is 376 g/mol. The fraction of sp³-hybridized carbons (Fsp3) is 0.550. The molecule has 1 atom stereocenters. The third-order valence-electron chi connectivity index (χ3n) is 5.55. The zero-order valence-corrected chi connectivity index (χ0v) is 15.5. The van der Waals surface area contributed by atoms with Crippen LogP contribution in [0.3, 0.4) is 0 Å². The van der Waals surface area contributed by atoms with Gasteiger partial charge < -0.3 is 14.9 Å². The van der Waals surface area contributed by atoms with Crippen LogP contribution in [-0.2, 0) is 4.79 Å². The van der Waals surface area contributed by atoms with Crippen molar-refractivity contribution >= 4 is 17.8 Å². The highest BCUT2D eigenvalue weighted by Gasteiger charge is 2.32. The van der Waals surface area contributed by atoms with Gasteiger partial charge in [-0.2, -0.15) is 0 Å². The average Bonchev–Trinajstić information content (AvgIpc) is 2.67. The van der Waals surface area contributed by atoms with E-state index < -0.39 is 17.7 Å². The number of benzene rings is 1. The molecule has 0 saturated carbocycles. The Bertz CT molecular complexity index is 743. The predicted molar refractivity (Wildman–Crippen MR) is 97.0 cm³/mol. The normalized spacial score (nSPS) is 21.2. The number of carboxylic acids is 1.